The molecule has 0 saturated heterocycles. The minimum atomic E-state index is -0.156. The average Bonchev–Trinajstić information content (AvgIpc) is 3.33. The van der Waals surface area contributed by atoms with Gasteiger partial charge in [0.1, 0.15) is 0 Å². The fourth-order valence-corrected chi connectivity index (χ4v) is 4.64. The predicted molar refractivity (Wildman–Crippen MR) is 119 cm³/mol. The first kappa shape index (κ1) is 19.3. The number of thiazole rings is 1. The van der Waals surface area contributed by atoms with E-state index in [1.165, 1.54) is 16.9 Å². The lowest BCUT2D eigenvalue weighted by molar-refractivity contribution is -0.112. The van der Waals surface area contributed by atoms with E-state index in [2.05, 4.69) is 27.8 Å². The molecular formula is C23H23N3O2S. The number of nitrogens with zero attached hydrogens (tertiary/aromatic N) is 1. The van der Waals surface area contributed by atoms with Gasteiger partial charge < -0.3 is 5.32 Å². The molecule has 1 aliphatic rings. The Hall–Kier alpha value is -2.99. The number of benzene rings is 2. The van der Waals surface area contributed by atoms with Gasteiger partial charge in [0, 0.05) is 16.8 Å². The molecule has 2 amide bonds. The van der Waals surface area contributed by atoms with Crippen LogP contribution in [0.4, 0.5) is 10.8 Å². The zero-order valence-electron chi connectivity index (χ0n) is 16.8. The molecule has 3 aromatic rings. The van der Waals surface area contributed by atoms with Gasteiger partial charge in [0.2, 0.25) is 0 Å². The van der Waals surface area contributed by atoms with Crippen LogP contribution in [0.5, 0.6) is 0 Å². The quantitative estimate of drug-likeness (QED) is 0.600. The first-order chi connectivity index (χ1) is 13.9. The fraction of sp³-hybridized carbons (Fsp3) is 0.261. The standard InChI is InChI=1S/C23H23N3O2S/c1-13-10-14(2)20(15(3)11-13)25-22(28)17-8-9-18-19(12-17)29-23(24-18)26-21(27)16-6-4-5-7-16/h6,8-12H,4-5,7H2,1-3H3,(H,25,28)(H,24,26,27). The first-order valence-corrected chi connectivity index (χ1v) is 10.5. The highest BCUT2D eigenvalue weighted by Gasteiger charge is 2.16. The van der Waals surface area contributed by atoms with Gasteiger partial charge in [-0.3, -0.25) is 14.9 Å². The average molecular weight is 406 g/mol. The summed E-state index contributed by atoms with van der Waals surface area (Å²) >= 11 is 1.38. The van der Waals surface area contributed by atoms with Crippen molar-refractivity contribution >= 4 is 44.2 Å². The lowest BCUT2D eigenvalue weighted by Crippen LogP contribution is -2.13. The van der Waals surface area contributed by atoms with E-state index in [-0.39, 0.29) is 11.8 Å². The SMILES string of the molecule is Cc1cc(C)c(NC(=O)c2ccc3nc(NC(=O)C4=CCCC4)sc3c2)c(C)c1. The van der Waals surface area contributed by atoms with Crippen molar-refractivity contribution in [1.29, 1.82) is 0 Å². The number of aromatic nitrogens is 1. The maximum Gasteiger partial charge on any atom is 0.255 e. The van der Waals surface area contributed by atoms with Crippen molar-refractivity contribution in [2.75, 3.05) is 10.6 Å². The summed E-state index contributed by atoms with van der Waals surface area (Å²) in [5.74, 6) is -0.234. The van der Waals surface area contributed by atoms with Gasteiger partial charge >= 0.3 is 0 Å². The summed E-state index contributed by atoms with van der Waals surface area (Å²) in [5.41, 5.74) is 6.27. The third-order valence-corrected chi connectivity index (χ3v) is 6.05. The molecule has 29 heavy (non-hydrogen) atoms. The molecule has 0 aliphatic heterocycles. The molecule has 1 heterocycles. The molecule has 1 aromatic heterocycles. The molecule has 5 nitrogen and oxygen atoms in total. The summed E-state index contributed by atoms with van der Waals surface area (Å²) < 4.78 is 0.866. The van der Waals surface area contributed by atoms with Crippen LogP contribution in [0.3, 0.4) is 0 Å². The summed E-state index contributed by atoms with van der Waals surface area (Å²) in [4.78, 5) is 29.6. The van der Waals surface area contributed by atoms with Crippen molar-refractivity contribution in [3.05, 3.63) is 64.2 Å². The van der Waals surface area contributed by atoms with E-state index in [9.17, 15) is 9.59 Å². The molecule has 1 aliphatic carbocycles. The molecule has 0 radical (unpaired) electrons. The normalized spacial score (nSPS) is 13.4. The van der Waals surface area contributed by atoms with Crippen molar-refractivity contribution in [3.63, 3.8) is 0 Å². The first-order valence-electron chi connectivity index (χ1n) is 9.71. The van der Waals surface area contributed by atoms with Crippen LogP contribution in [0.1, 0.15) is 46.3 Å². The predicted octanol–water partition coefficient (Wildman–Crippen LogP) is 5.52. The number of aryl methyl sites for hydroxylation is 3. The largest absolute Gasteiger partial charge is 0.322 e. The molecule has 0 unspecified atom stereocenters. The van der Waals surface area contributed by atoms with E-state index in [0.717, 1.165) is 51.9 Å². The van der Waals surface area contributed by atoms with E-state index in [0.29, 0.717) is 10.7 Å². The Balaban J connectivity index is 1.54. The van der Waals surface area contributed by atoms with Gasteiger partial charge in [-0.25, -0.2) is 4.98 Å². The van der Waals surface area contributed by atoms with Gasteiger partial charge in [0.05, 0.1) is 10.2 Å². The summed E-state index contributed by atoms with van der Waals surface area (Å²) in [6, 6.07) is 9.53. The number of anilines is 2. The number of carbonyl (C=O) groups is 2. The number of hydrogen-bond donors (Lipinski definition) is 2. The van der Waals surface area contributed by atoms with Crippen molar-refractivity contribution in [2.24, 2.45) is 0 Å². The smallest absolute Gasteiger partial charge is 0.255 e. The molecule has 0 atom stereocenters. The summed E-state index contributed by atoms with van der Waals surface area (Å²) in [5, 5.41) is 6.47. The van der Waals surface area contributed by atoms with Crippen LogP contribution in [0.15, 0.2) is 42.0 Å². The van der Waals surface area contributed by atoms with Crippen LogP contribution in [-0.4, -0.2) is 16.8 Å². The molecule has 148 valence electrons. The molecule has 4 rings (SSSR count). The Labute approximate surface area is 173 Å². The Kier molecular flexibility index (Phi) is 5.20. The lowest BCUT2D eigenvalue weighted by atomic mass is 10.0. The maximum absolute atomic E-state index is 12.8. The molecule has 0 saturated carbocycles. The monoisotopic (exact) mass is 405 g/mol. The van der Waals surface area contributed by atoms with E-state index in [1.807, 2.05) is 39.0 Å². The van der Waals surface area contributed by atoms with Gasteiger partial charge in [-0.1, -0.05) is 35.1 Å². The molecule has 2 N–H and O–H groups in total. The third kappa shape index (κ3) is 4.07. The second-order valence-corrected chi connectivity index (χ2v) is 8.54. The second kappa shape index (κ2) is 7.79. The van der Waals surface area contributed by atoms with E-state index in [4.69, 9.17) is 0 Å². The number of carbonyl (C=O) groups excluding carboxylic acids is 2. The number of nitrogens with one attached hydrogen (secondary N) is 2. The Bertz CT molecular complexity index is 1140. The van der Waals surface area contributed by atoms with Crippen LogP contribution < -0.4 is 10.6 Å². The number of hydrogen-bond acceptors (Lipinski definition) is 4. The van der Waals surface area contributed by atoms with Crippen molar-refractivity contribution in [2.45, 2.75) is 40.0 Å². The molecule has 0 fully saturated rings. The number of fused-ring (bicyclic) bond motifs is 1. The molecule has 6 heteroatoms. The minimum Gasteiger partial charge on any atom is -0.322 e. The number of rotatable bonds is 4. The lowest BCUT2D eigenvalue weighted by Gasteiger charge is -2.12. The fourth-order valence-electron chi connectivity index (χ4n) is 3.74. The van der Waals surface area contributed by atoms with Crippen molar-refractivity contribution in [1.82, 2.24) is 4.98 Å². The minimum absolute atomic E-state index is 0.0788. The van der Waals surface area contributed by atoms with Crippen LogP contribution in [0.2, 0.25) is 0 Å². The van der Waals surface area contributed by atoms with Gasteiger partial charge in [-0.15, -0.1) is 0 Å². The summed E-state index contributed by atoms with van der Waals surface area (Å²) in [6.45, 7) is 6.04. The highest BCUT2D eigenvalue weighted by atomic mass is 32.1. The van der Waals surface area contributed by atoms with Crippen molar-refractivity contribution in [3.8, 4) is 0 Å². The molecule has 2 aromatic carbocycles. The molecule has 0 bridgehead atoms. The van der Waals surface area contributed by atoms with E-state index < -0.39 is 0 Å². The van der Waals surface area contributed by atoms with Crippen molar-refractivity contribution < 1.29 is 9.59 Å². The number of amides is 2. The van der Waals surface area contributed by atoms with Gasteiger partial charge in [-0.2, -0.15) is 0 Å². The van der Waals surface area contributed by atoms with E-state index >= 15 is 0 Å². The summed E-state index contributed by atoms with van der Waals surface area (Å²) in [7, 11) is 0. The maximum atomic E-state index is 12.8. The summed E-state index contributed by atoms with van der Waals surface area (Å²) in [6.07, 6.45) is 4.79. The topological polar surface area (TPSA) is 71.1 Å². The zero-order valence-corrected chi connectivity index (χ0v) is 17.6. The van der Waals surface area contributed by atoms with Gasteiger partial charge in [-0.05, 0) is 69.4 Å². The number of allylic oxidation sites excluding steroid dienone is 1. The Morgan fingerprint density at radius 2 is 1.76 bits per heavy atom. The van der Waals surface area contributed by atoms with Crippen LogP contribution in [0.25, 0.3) is 10.2 Å². The van der Waals surface area contributed by atoms with Crippen LogP contribution in [-0.2, 0) is 4.79 Å². The second-order valence-electron chi connectivity index (χ2n) is 7.51. The van der Waals surface area contributed by atoms with Gasteiger partial charge in [0.15, 0.2) is 5.13 Å². The van der Waals surface area contributed by atoms with Gasteiger partial charge in [0.25, 0.3) is 11.8 Å². The Morgan fingerprint density at radius 1 is 1.00 bits per heavy atom. The third-order valence-electron chi connectivity index (χ3n) is 5.12. The van der Waals surface area contributed by atoms with E-state index in [1.54, 1.807) is 6.07 Å². The van der Waals surface area contributed by atoms with Crippen LogP contribution >= 0.6 is 11.3 Å². The van der Waals surface area contributed by atoms with Crippen LogP contribution in [0, 0.1) is 20.8 Å². The molecule has 0 spiro atoms. The highest BCUT2D eigenvalue weighted by molar-refractivity contribution is 7.22. The zero-order chi connectivity index (χ0) is 20.5. The Morgan fingerprint density at radius 3 is 2.45 bits per heavy atom. The molecular weight excluding hydrogens is 382 g/mol. The highest BCUT2D eigenvalue weighted by Crippen LogP contribution is 2.29.